The third kappa shape index (κ3) is 2.04. The van der Waals surface area contributed by atoms with Crippen LogP contribution in [0.15, 0.2) is 42.5 Å². The van der Waals surface area contributed by atoms with Crippen LogP contribution in [0.3, 0.4) is 0 Å². The Balaban J connectivity index is 1.69. The first kappa shape index (κ1) is 12.6. The van der Waals surface area contributed by atoms with Gasteiger partial charge in [-0.3, -0.25) is 4.79 Å². The predicted octanol–water partition coefficient (Wildman–Crippen LogP) is 3.16. The summed E-state index contributed by atoms with van der Waals surface area (Å²) < 4.78 is 0. The fourth-order valence-electron chi connectivity index (χ4n) is 2.89. The molecule has 2 aromatic carbocycles. The van der Waals surface area contributed by atoms with Crippen LogP contribution < -0.4 is 5.32 Å². The molecule has 112 valence electrons. The van der Waals surface area contributed by atoms with Crippen molar-refractivity contribution in [1.29, 1.82) is 0 Å². The molecule has 4 aromatic rings. The fraction of sp³-hybridized carbons (Fsp3) is 0.167. The van der Waals surface area contributed by atoms with E-state index < -0.39 is 0 Å². The van der Waals surface area contributed by atoms with Gasteiger partial charge in [-0.1, -0.05) is 18.2 Å². The van der Waals surface area contributed by atoms with E-state index in [0.717, 1.165) is 45.9 Å². The highest BCUT2D eigenvalue weighted by molar-refractivity contribution is 6.06. The number of hydrogen-bond acceptors (Lipinski definition) is 3. The maximum Gasteiger partial charge on any atom is 0.251 e. The van der Waals surface area contributed by atoms with E-state index in [1.165, 1.54) is 0 Å². The molecule has 2 heterocycles. The highest BCUT2D eigenvalue weighted by atomic mass is 16.1. The molecule has 1 aliphatic carbocycles. The number of rotatable bonds is 2. The summed E-state index contributed by atoms with van der Waals surface area (Å²) in [5, 5.41) is 4.05. The lowest BCUT2D eigenvalue weighted by Crippen LogP contribution is -2.25. The van der Waals surface area contributed by atoms with Crippen LogP contribution in [0.4, 0.5) is 0 Å². The summed E-state index contributed by atoms with van der Waals surface area (Å²) in [5.74, 6) is -0.0322. The number of aromatic nitrogens is 3. The summed E-state index contributed by atoms with van der Waals surface area (Å²) in [7, 11) is 0. The molecule has 0 spiro atoms. The second kappa shape index (κ2) is 4.52. The fourth-order valence-corrected chi connectivity index (χ4v) is 2.89. The summed E-state index contributed by atoms with van der Waals surface area (Å²) in [6.45, 7) is 0. The van der Waals surface area contributed by atoms with Gasteiger partial charge in [0.15, 0.2) is 5.65 Å². The Morgan fingerprint density at radius 1 is 1.09 bits per heavy atom. The van der Waals surface area contributed by atoms with Crippen molar-refractivity contribution in [3.05, 3.63) is 48.0 Å². The second-order valence-corrected chi connectivity index (χ2v) is 6.04. The number of carbonyl (C=O) groups excluding carboxylic acids is 1. The van der Waals surface area contributed by atoms with E-state index in [1.807, 2.05) is 42.5 Å². The number of benzene rings is 2. The van der Waals surface area contributed by atoms with Gasteiger partial charge >= 0.3 is 0 Å². The van der Waals surface area contributed by atoms with Crippen molar-refractivity contribution in [2.24, 2.45) is 0 Å². The molecule has 2 aromatic heterocycles. The van der Waals surface area contributed by atoms with Gasteiger partial charge in [0, 0.05) is 22.5 Å². The quantitative estimate of drug-likeness (QED) is 0.597. The van der Waals surface area contributed by atoms with Crippen molar-refractivity contribution in [1.82, 2.24) is 20.3 Å². The Morgan fingerprint density at radius 2 is 1.96 bits per heavy atom. The molecule has 5 nitrogen and oxygen atoms in total. The normalized spacial score (nSPS) is 14.6. The van der Waals surface area contributed by atoms with E-state index >= 15 is 0 Å². The van der Waals surface area contributed by atoms with Crippen LogP contribution in [0.5, 0.6) is 0 Å². The summed E-state index contributed by atoms with van der Waals surface area (Å²) in [4.78, 5) is 24.9. The van der Waals surface area contributed by atoms with Crippen LogP contribution >= 0.6 is 0 Å². The Hall–Kier alpha value is -2.95. The number of para-hydroxylation sites is 1. The molecular formula is C18H14N4O. The van der Waals surface area contributed by atoms with Crippen molar-refractivity contribution in [2.45, 2.75) is 18.9 Å². The van der Waals surface area contributed by atoms with Gasteiger partial charge in [0.2, 0.25) is 0 Å². The summed E-state index contributed by atoms with van der Waals surface area (Å²) in [6, 6.07) is 13.8. The molecule has 1 fully saturated rings. The van der Waals surface area contributed by atoms with Gasteiger partial charge in [0.1, 0.15) is 5.52 Å². The van der Waals surface area contributed by atoms with Crippen LogP contribution in [-0.4, -0.2) is 26.9 Å². The molecular weight excluding hydrogens is 288 g/mol. The zero-order valence-electron chi connectivity index (χ0n) is 12.3. The van der Waals surface area contributed by atoms with Crippen molar-refractivity contribution >= 4 is 39.0 Å². The van der Waals surface area contributed by atoms with E-state index in [-0.39, 0.29) is 5.91 Å². The van der Waals surface area contributed by atoms with Gasteiger partial charge in [-0.25, -0.2) is 9.97 Å². The molecule has 1 saturated carbocycles. The number of nitrogens with one attached hydrogen (secondary N) is 2. The number of nitrogens with zero attached hydrogens (tertiary/aromatic N) is 2. The van der Waals surface area contributed by atoms with E-state index in [4.69, 9.17) is 4.98 Å². The Labute approximate surface area is 131 Å². The second-order valence-electron chi connectivity index (χ2n) is 6.04. The number of H-pyrrole nitrogens is 1. The number of amides is 1. The Bertz CT molecular complexity index is 1080. The van der Waals surface area contributed by atoms with Crippen molar-refractivity contribution in [3.8, 4) is 0 Å². The Kier molecular flexibility index (Phi) is 2.47. The molecule has 2 N–H and O–H groups in total. The molecule has 5 heteroatoms. The van der Waals surface area contributed by atoms with Crippen LogP contribution in [0, 0.1) is 0 Å². The van der Waals surface area contributed by atoms with Crippen LogP contribution in [0.1, 0.15) is 23.2 Å². The van der Waals surface area contributed by atoms with Crippen molar-refractivity contribution < 1.29 is 4.79 Å². The Morgan fingerprint density at radius 3 is 2.83 bits per heavy atom. The lowest BCUT2D eigenvalue weighted by Gasteiger charge is -2.04. The molecule has 0 atom stereocenters. The van der Waals surface area contributed by atoms with Crippen molar-refractivity contribution in [2.75, 3.05) is 0 Å². The lowest BCUT2D eigenvalue weighted by molar-refractivity contribution is 0.0951. The number of hydrogen-bond donors (Lipinski definition) is 2. The van der Waals surface area contributed by atoms with Crippen LogP contribution in [0.2, 0.25) is 0 Å². The van der Waals surface area contributed by atoms with E-state index in [0.29, 0.717) is 11.6 Å². The minimum Gasteiger partial charge on any atom is -0.349 e. The third-order valence-electron chi connectivity index (χ3n) is 4.27. The topological polar surface area (TPSA) is 70.7 Å². The van der Waals surface area contributed by atoms with Gasteiger partial charge in [-0.15, -0.1) is 0 Å². The number of carbonyl (C=O) groups is 1. The molecule has 0 bridgehead atoms. The third-order valence-corrected chi connectivity index (χ3v) is 4.27. The highest BCUT2D eigenvalue weighted by Crippen LogP contribution is 2.25. The molecule has 1 aliphatic rings. The lowest BCUT2D eigenvalue weighted by atomic mass is 10.1. The maximum atomic E-state index is 12.2. The largest absolute Gasteiger partial charge is 0.349 e. The molecule has 0 radical (unpaired) electrons. The van der Waals surface area contributed by atoms with Gasteiger partial charge in [0.25, 0.3) is 5.91 Å². The predicted molar refractivity (Wildman–Crippen MR) is 89.4 cm³/mol. The van der Waals surface area contributed by atoms with Gasteiger partial charge in [-0.05, 0) is 37.1 Å². The minimum atomic E-state index is -0.0322. The molecule has 1 amide bonds. The van der Waals surface area contributed by atoms with Gasteiger partial charge < -0.3 is 10.3 Å². The van der Waals surface area contributed by atoms with Crippen LogP contribution in [0.25, 0.3) is 33.1 Å². The number of aromatic amines is 1. The first-order chi connectivity index (χ1) is 11.3. The first-order valence-corrected chi connectivity index (χ1v) is 7.77. The average Bonchev–Trinajstić information content (AvgIpc) is 3.31. The molecule has 0 unspecified atom stereocenters. The van der Waals surface area contributed by atoms with Gasteiger partial charge in [0.05, 0.1) is 11.0 Å². The van der Waals surface area contributed by atoms with Crippen molar-refractivity contribution in [3.63, 3.8) is 0 Å². The monoisotopic (exact) mass is 302 g/mol. The molecule has 0 aliphatic heterocycles. The highest BCUT2D eigenvalue weighted by Gasteiger charge is 2.24. The van der Waals surface area contributed by atoms with E-state index in [1.54, 1.807) is 0 Å². The summed E-state index contributed by atoms with van der Waals surface area (Å²) >= 11 is 0. The molecule has 23 heavy (non-hydrogen) atoms. The average molecular weight is 302 g/mol. The summed E-state index contributed by atoms with van der Waals surface area (Å²) in [6.07, 6.45) is 2.16. The maximum absolute atomic E-state index is 12.2. The van der Waals surface area contributed by atoms with Crippen LogP contribution in [-0.2, 0) is 0 Å². The standard InChI is InChI=1S/C18H14N4O/c23-18(19-11-6-7-11)10-5-8-14-15(9-10)20-16-12-3-1-2-4-13(12)21-17(16)22-14/h1-5,8-9,11H,6-7H2,(H,19,23)(H,21,22). The van der Waals surface area contributed by atoms with E-state index in [9.17, 15) is 4.79 Å². The molecule has 5 rings (SSSR count). The van der Waals surface area contributed by atoms with Gasteiger partial charge in [-0.2, -0.15) is 0 Å². The molecule has 0 saturated heterocycles. The minimum absolute atomic E-state index is 0.0322. The smallest absolute Gasteiger partial charge is 0.251 e. The zero-order chi connectivity index (χ0) is 15.4. The van der Waals surface area contributed by atoms with E-state index in [2.05, 4.69) is 15.3 Å². The summed E-state index contributed by atoms with van der Waals surface area (Å²) in [5.41, 5.74) is 4.79. The number of fused-ring (bicyclic) bond motifs is 4. The SMILES string of the molecule is O=C(NC1CC1)c1ccc2nc3[nH]c4ccccc4c3nc2c1. The zero-order valence-corrected chi connectivity index (χ0v) is 12.3. The first-order valence-electron chi connectivity index (χ1n) is 7.77.